The van der Waals surface area contributed by atoms with Crippen LogP contribution in [0.15, 0.2) is 0 Å². The van der Waals surface area contributed by atoms with E-state index in [4.69, 9.17) is 0 Å². The molecule has 0 spiro atoms. The van der Waals surface area contributed by atoms with E-state index in [1.54, 1.807) is 0 Å². The van der Waals surface area contributed by atoms with Crippen molar-refractivity contribution in [2.75, 3.05) is 13.6 Å². The van der Waals surface area contributed by atoms with Crippen molar-refractivity contribution >= 4 is 0 Å². The molecule has 0 radical (unpaired) electrons. The van der Waals surface area contributed by atoms with Crippen LogP contribution in [-0.4, -0.2) is 24.5 Å². The van der Waals surface area contributed by atoms with Gasteiger partial charge < -0.3 is 4.90 Å². The van der Waals surface area contributed by atoms with Crippen LogP contribution in [-0.2, 0) is 0 Å². The Labute approximate surface area is 71.8 Å². The smallest absolute Gasteiger partial charge is 0.00870 e. The van der Waals surface area contributed by atoms with Crippen molar-refractivity contribution in [2.45, 2.75) is 46.6 Å². The van der Waals surface area contributed by atoms with Gasteiger partial charge in [-0.25, -0.2) is 0 Å². The van der Waals surface area contributed by atoms with E-state index in [0.29, 0.717) is 0 Å². The lowest BCUT2D eigenvalue weighted by atomic mass is 10.1. The second-order valence-electron chi connectivity index (χ2n) is 3.80. The van der Waals surface area contributed by atoms with Gasteiger partial charge in [-0.05, 0) is 25.8 Å². The quantitative estimate of drug-likeness (QED) is 0.593. The Kier molecular flexibility index (Phi) is 5.57. The van der Waals surface area contributed by atoms with Gasteiger partial charge in [0, 0.05) is 12.6 Å². The lowest BCUT2D eigenvalue weighted by Gasteiger charge is -2.27. The van der Waals surface area contributed by atoms with Crippen molar-refractivity contribution in [3.05, 3.63) is 0 Å². The van der Waals surface area contributed by atoms with Crippen molar-refractivity contribution in [2.24, 2.45) is 5.92 Å². The van der Waals surface area contributed by atoms with E-state index in [-0.39, 0.29) is 0 Å². The molecule has 68 valence electrons. The summed E-state index contributed by atoms with van der Waals surface area (Å²) in [6.07, 6.45) is 2.56. The molecule has 0 rings (SSSR count). The third kappa shape index (κ3) is 4.41. The van der Waals surface area contributed by atoms with E-state index in [1.165, 1.54) is 19.4 Å². The predicted molar refractivity (Wildman–Crippen MR) is 51.8 cm³/mol. The Morgan fingerprint density at radius 3 is 1.82 bits per heavy atom. The molecule has 0 heterocycles. The van der Waals surface area contributed by atoms with Crippen LogP contribution in [0.5, 0.6) is 0 Å². The summed E-state index contributed by atoms with van der Waals surface area (Å²) in [5.41, 5.74) is 0. The molecule has 0 amide bonds. The van der Waals surface area contributed by atoms with Gasteiger partial charge in [-0.3, -0.25) is 0 Å². The first-order chi connectivity index (χ1) is 5.11. The number of nitrogens with zero attached hydrogens (tertiary/aromatic N) is 1. The Morgan fingerprint density at radius 2 is 1.55 bits per heavy atom. The van der Waals surface area contributed by atoms with Gasteiger partial charge in [-0.1, -0.05) is 27.7 Å². The van der Waals surface area contributed by atoms with Crippen LogP contribution in [0.2, 0.25) is 0 Å². The maximum atomic E-state index is 2.48. The highest BCUT2D eigenvalue weighted by Gasteiger charge is 2.10. The third-order valence-corrected chi connectivity index (χ3v) is 2.22. The van der Waals surface area contributed by atoms with Gasteiger partial charge >= 0.3 is 0 Å². The SMILES string of the molecule is CCC(CC)N(C)CC(C)C. The predicted octanol–water partition coefficient (Wildman–Crippen LogP) is 2.76. The van der Waals surface area contributed by atoms with Crippen LogP contribution in [0.1, 0.15) is 40.5 Å². The highest BCUT2D eigenvalue weighted by molar-refractivity contribution is 4.65. The van der Waals surface area contributed by atoms with E-state index < -0.39 is 0 Å². The zero-order chi connectivity index (χ0) is 8.85. The average molecular weight is 157 g/mol. The summed E-state index contributed by atoms with van der Waals surface area (Å²) in [4.78, 5) is 2.48. The largest absolute Gasteiger partial charge is 0.303 e. The summed E-state index contributed by atoms with van der Waals surface area (Å²) >= 11 is 0. The van der Waals surface area contributed by atoms with E-state index in [9.17, 15) is 0 Å². The zero-order valence-electron chi connectivity index (χ0n) is 8.72. The van der Waals surface area contributed by atoms with Crippen molar-refractivity contribution in [1.29, 1.82) is 0 Å². The van der Waals surface area contributed by atoms with Gasteiger partial charge in [-0.15, -0.1) is 0 Å². The first-order valence-electron chi connectivity index (χ1n) is 4.82. The molecule has 0 saturated carbocycles. The van der Waals surface area contributed by atoms with Crippen LogP contribution < -0.4 is 0 Å². The molecule has 0 aliphatic rings. The monoisotopic (exact) mass is 157 g/mol. The standard InChI is InChI=1S/C10H23N/c1-6-10(7-2)11(5)8-9(3)4/h9-10H,6-8H2,1-5H3. The Morgan fingerprint density at radius 1 is 1.09 bits per heavy atom. The first kappa shape index (κ1) is 11.0. The van der Waals surface area contributed by atoms with Gasteiger partial charge in [0.1, 0.15) is 0 Å². The van der Waals surface area contributed by atoms with E-state index in [2.05, 4.69) is 39.6 Å². The summed E-state index contributed by atoms with van der Waals surface area (Å²) < 4.78 is 0. The summed E-state index contributed by atoms with van der Waals surface area (Å²) in [5, 5.41) is 0. The van der Waals surface area contributed by atoms with E-state index in [0.717, 1.165) is 12.0 Å². The van der Waals surface area contributed by atoms with Gasteiger partial charge in [0.15, 0.2) is 0 Å². The van der Waals surface area contributed by atoms with Gasteiger partial charge in [0.05, 0.1) is 0 Å². The lowest BCUT2D eigenvalue weighted by Crippen LogP contribution is -2.33. The molecule has 0 atom stereocenters. The topological polar surface area (TPSA) is 3.24 Å². The molecule has 0 aromatic rings. The molecular weight excluding hydrogens is 134 g/mol. The normalized spacial score (nSPS) is 12.0. The molecule has 1 heteroatoms. The molecular formula is C10H23N. The fraction of sp³-hybridized carbons (Fsp3) is 1.00. The molecule has 0 aliphatic heterocycles. The minimum atomic E-state index is 0.789. The first-order valence-corrected chi connectivity index (χ1v) is 4.82. The van der Waals surface area contributed by atoms with E-state index in [1.807, 2.05) is 0 Å². The zero-order valence-corrected chi connectivity index (χ0v) is 8.72. The summed E-state index contributed by atoms with van der Waals surface area (Å²) in [6, 6.07) is 0.789. The van der Waals surface area contributed by atoms with Gasteiger partial charge in [0.2, 0.25) is 0 Å². The average Bonchev–Trinajstić information content (AvgIpc) is 1.88. The molecule has 0 unspecified atom stereocenters. The third-order valence-electron chi connectivity index (χ3n) is 2.22. The van der Waals surface area contributed by atoms with Crippen LogP contribution in [0.3, 0.4) is 0 Å². The summed E-state index contributed by atoms with van der Waals surface area (Å²) in [6.45, 7) is 10.3. The second kappa shape index (κ2) is 5.59. The number of rotatable bonds is 5. The van der Waals surface area contributed by atoms with Crippen LogP contribution >= 0.6 is 0 Å². The Hall–Kier alpha value is -0.0400. The molecule has 11 heavy (non-hydrogen) atoms. The molecule has 0 N–H and O–H groups in total. The van der Waals surface area contributed by atoms with E-state index >= 15 is 0 Å². The maximum Gasteiger partial charge on any atom is 0.00870 e. The lowest BCUT2D eigenvalue weighted by molar-refractivity contribution is 0.207. The van der Waals surface area contributed by atoms with Crippen LogP contribution in [0, 0.1) is 5.92 Å². The fourth-order valence-electron chi connectivity index (χ4n) is 1.64. The maximum absolute atomic E-state index is 2.48. The Bertz CT molecular complexity index is 84.9. The molecule has 0 aromatic heterocycles. The molecule has 0 bridgehead atoms. The summed E-state index contributed by atoms with van der Waals surface area (Å²) in [7, 11) is 2.23. The van der Waals surface area contributed by atoms with Crippen molar-refractivity contribution in [1.82, 2.24) is 4.90 Å². The minimum absolute atomic E-state index is 0.789. The minimum Gasteiger partial charge on any atom is -0.303 e. The van der Waals surface area contributed by atoms with Crippen molar-refractivity contribution < 1.29 is 0 Å². The van der Waals surface area contributed by atoms with Crippen LogP contribution in [0.4, 0.5) is 0 Å². The molecule has 0 aliphatic carbocycles. The molecule has 0 saturated heterocycles. The second-order valence-corrected chi connectivity index (χ2v) is 3.80. The van der Waals surface area contributed by atoms with Crippen molar-refractivity contribution in [3.8, 4) is 0 Å². The molecule has 0 fully saturated rings. The molecule has 0 aromatic carbocycles. The fourth-order valence-corrected chi connectivity index (χ4v) is 1.64. The highest BCUT2D eigenvalue weighted by Crippen LogP contribution is 2.07. The summed E-state index contributed by atoms with van der Waals surface area (Å²) in [5.74, 6) is 0.792. The number of hydrogen-bond donors (Lipinski definition) is 0. The van der Waals surface area contributed by atoms with Gasteiger partial charge in [0.25, 0.3) is 0 Å². The van der Waals surface area contributed by atoms with Gasteiger partial charge in [-0.2, -0.15) is 0 Å². The van der Waals surface area contributed by atoms with Crippen LogP contribution in [0.25, 0.3) is 0 Å². The van der Waals surface area contributed by atoms with Crippen molar-refractivity contribution in [3.63, 3.8) is 0 Å². The highest BCUT2D eigenvalue weighted by atomic mass is 15.1. The molecule has 1 nitrogen and oxygen atoms in total. The number of hydrogen-bond acceptors (Lipinski definition) is 1. The Balaban J connectivity index is 3.68.